The summed E-state index contributed by atoms with van der Waals surface area (Å²) in [4.78, 5) is 13.5. The maximum absolute atomic E-state index is 11.7. The third kappa shape index (κ3) is 4.58. The molecule has 1 fully saturated rings. The van der Waals surface area contributed by atoms with Crippen molar-refractivity contribution in [3.05, 3.63) is 0 Å². The van der Waals surface area contributed by atoms with Crippen LogP contribution in [-0.2, 0) is 4.74 Å². The Labute approximate surface area is 104 Å². The molecule has 4 nitrogen and oxygen atoms in total. The van der Waals surface area contributed by atoms with Crippen molar-refractivity contribution in [2.45, 2.75) is 45.8 Å². The molecule has 1 aliphatic heterocycles. The molecule has 1 aliphatic rings. The quantitative estimate of drug-likeness (QED) is 0.716. The van der Waals surface area contributed by atoms with Crippen LogP contribution in [0.25, 0.3) is 0 Å². The van der Waals surface area contributed by atoms with Crippen LogP contribution in [0.4, 0.5) is 4.79 Å². The minimum Gasteiger partial charge on any atom is -0.444 e. The van der Waals surface area contributed by atoms with Crippen molar-refractivity contribution in [3.8, 4) is 0 Å². The summed E-state index contributed by atoms with van der Waals surface area (Å²) in [7, 11) is 0. The second-order valence-corrected chi connectivity index (χ2v) is 5.36. The van der Waals surface area contributed by atoms with Gasteiger partial charge in [0.2, 0.25) is 0 Å². The van der Waals surface area contributed by atoms with Gasteiger partial charge in [-0.2, -0.15) is 0 Å². The number of carbonyl (C=O) groups is 1. The van der Waals surface area contributed by atoms with Crippen LogP contribution in [0.1, 0.15) is 34.1 Å². The lowest BCUT2D eigenvalue weighted by Crippen LogP contribution is -2.49. The van der Waals surface area contributed by atoms with E-state index in [1.54, 1.807) is 4.90 Å². The first-order chi connectivity index (χ1) is 6.79. The lowest BCUT2D eigenvalue weighted by Gasteiger charge is -2.35. The first kappa shape index (κ1) is 15.5. The fourth-order valence-electron chi connectivity index (χ4n) is 1.66. The zero-order chi connectivity index (χ0) is 11.6. The molecule has 0 aliphatic carbocycles. The third-order valence-corrected chi connectivity index (χ3v) is 2.62. The predicted octanol–water partition coefficient (Wildman–Crippen LogP) is 2.01. The Bertz CT molecular complexity index is 241. The van der Waals surface area contributed by atoms with Crippen molar-refractivity contribution in [1.29, 1.82) is 0 Å². The highest BCUT2D eigenvalue weighted by atomic mass is 35.5. The van der Waals surface area contributed by atoms with Crippen LogP contribution in [0.15, 0.2) is 0 Å². The number of amides is 1. The number of ether oxygens (including phenoxy) is 1. The topological polar surface area (TPSA) is 55.6 Å². The number of nitrogens with two attached hydrogens (primary N) is 1. The SMILES string of the molecule is CC1CN(C(=O)OC(C)(C)C)CCC1N.Cl. The van der Waals surface area contributed by atoms with Gasteiger partial charge in [0.05, 0.1) is 0 Å². The Balaban J connectivity index is 0.00000225. The van der Waals surface area contributed by atoms with Crippen molar-refractivity contribution in [2.75, 3.05) is 13.1 Å². The molecule has 96 valence electrons. The standard InChI is InChI=1S/C11H22N2O2.ClH/c1-8-7-13(6-5-9(8)12)10(14)15-11(2,3)4;/h8-9H,5-7,12H2,1-4H3;1H. The highest BCUT2D eigenvalue weighted by Gasteiger charge is 2.29. The van der Waals surface area contributed by atoms with Gasteiger partial charge in [0, 0.05) is 19.1 Å². The van der Waals surface area contributed by atoms with E-state index in [0.29, 0.717) is 19.0 Å². The highest BCUT2D eigenvalue weighted by Crippen LogP contribution is 2.17. The Morgan fingerprint density at radius 3 is 2.44 bits per heavy atom. The molecule has 5 heteroatoms. The van der Waals surface area contributed by atoms with Gasteiger partial charge in [-0.3, -0.25) is 0 Å². The Morgan fingerprint density at radius 1 is 1.44 bits per heavy atom. The van der Waals surface area contributed by atoms with E-state index in [1.807, 2.05) is 20.8 Å². The zero-order valence-corrected chi connectivity index (χ0v) is 11.3. The predicted molar refractivity (Wildman–Crippen MR) is 66.8 cm³/mol. The van der Waals surface area contributed by atoms with Gasteiger partial charge in [-0.1, -0.05) is 6.92 Å². The number of halogens is 1. The summed E-state index contributed by atoms with van der Waals surface area (Å²) in [5.74, 6) is 0.353. The molecule has 16 heavy (non-hydrogen) atoms. The van der Waals surface area contributed by atoms with E-state index in [-0.39, 0.29) is 24.5 Å². The maximum atomic E-state index is 11.7. The molecule has 2 atom stereocenters. The molecule has 1 amide bonds. The highest BCUT2D eigenvalue weighted by molar-refractivity contribution is 5.85. The van der Waals surface area contributed by atoms with Gasteiger partial charge in [0.15, 0.2) is 0 Å². The number of rotatable bonds is 0. The van der Waals surface area contributed by atoms with Gasteiger partial charge in [0.1, 0.15) is 5.60 Å². The van der Waals surface area contributed by atoms with Crippen LogP contribution in [0.3, 0.4) is 0 Å². The monoisotopic (exact) mass is 250 g/mol. The number of nitrogens with zero attached hydrogens (tertiary/aromatic N) is 1. The van der Waals surface area contributed by atoms with Crippen LogP contribution in [-0.4, -0.2) is 35.7 Å². The van der Waals surface area contributed by atoms with Crippen LogP contribution in [0.5, 0.6) is 0 Å². The molecular formula is C11H23ClN2O2. The van der Waals surface area contributed by atoms with Crippen LogP contribution < -0.4 is 5.73 Å². The summed E-state index contributed by atoms with van der Waals surface area (Å²) in [6.07, 6.45) is 0.640. The molecule has 0 saturated carbocycles. The molecule has 0 spiro atoms. The van der Waals surface area contributed by atoms with E-state index in [2.05, 4.69) is 6.92 Å². The van der Waals surface area contributed by atoms with E-state index in [0.717, 1.165) is 6.42 Å². The number of hydrogen-bond donors (Lipinski definition) is 1. The van der Waals surface area contributed by atoms with Crippen molar-refractivity contribution in [1.82, 2.24) is 4.90 Å². The molecule has 2 unspecified atom stereocenters. The van der Waals surface area contributed by atoms with Crippen molar-refractivity contribution in [3.63, 3.8) is 0 Å². The lowest BCUT2D eigenvalue weighted by molar-refractivity contribution is 0.0158. The summed E-state index contributed by atoms with van der Waals surface area (Å²) in [5, 5.41) is 0. The largest absolute Gasteiger partial charge is 0.444 e. The Hall–Kier alpha value is -0.480. The van der Waals surface area contributed by atoms with Crippen LogP contribution >= 0.6 is 12.4 Å². The average molecular weight is 251 g/mol. The second kappa shape index (κ2) is 5.73. The van der Waals surface area contributed by atoms with E-state index in [4.69, 9.17) is 10.5 Å². The van der Waals surface area contributed by atoms with Gasteiger partial charge in [-0.15, -0.1) is 12.4 Å². The number of piperidine rings is 1. The number of carbonyl (C=O) groups excluding carboxylic acids is 1. The zero-order valence-electron chi connectivity index (χ0n) is 10.5. The number of likely N-dealkylation sites (tertiary alicyclic amines) is 1. The molecule has 0 aromatic rings. The van der Waals surface area contributed by atoms with E-state index < -0.39 is 5.60 Å². The average Bonchev–Trinajstić information content (AvgIpc) is 2.06. The van der Waals surface area contributed by atoms with Gasteiger partial charge in [-0.05, 0) is 33.1 Å². The fourth-order valence-corrected chi connectivity index (χ4v) is 1.66. The lowest BCUT2D eigenvalue weighted by atomic mass is 9.95. The second-order valence-electron chi connectivity index (χ2n) is 5.36. The molecule has 1 rings (SSSR count). The summed E-state index contributed by atoms with van der Waals surface area (Å²) >= 11 is 0. The minimum absolute atomic E-state index is 0. The first-order valence-electron chi connectivity index (χ1n) is 5.53. The maximum Gasteiger partial charge on any atom is 0.410 e. The van der Waals surface area contributed by atoms with E-state index >= 15 is 0 Å². The molecule has 0 bridgehead atoms. The molecular weight excluding hydrogens is 228 g/mol. The third-order valence-electron chi connectivity index (χ3n) is 2.62. The van der Waals surface area contributed by atoms with Crippen molar-refractivity contribution < 1.29 is 9.53 Å². The van der Waals surface area contributed by atoms with Gasteiger partial charge in [0.25, 0.3) is 0 Å². The van der Waals surface area contributed by atoms with Gasteiger partial charge in [-0.25, -0.2) is 4.79 Å². The smallest absolute Gasteiger partial charge is 0.410 e. The van der Waals surface area contributed by atoms with Gasteiger partial charge >= 0.3 is 6.09 Å². The van der Waals surface area contributed by atoms with Crippen LogP contribution in [0, 0.1) is 5.92 Å². The molecule has 0 aromatic heterocycles. The molecule has 0 radical (unpaired) electrons. The summed E-state index contributed by atoms with van der Waals surface area (Å²) in [6, 6.07) is 0.212. The van der Waals surface area contributed by atoms with E-state index in [1.165, 1.54) is 0 Å². The number of hydrogen-bond acceptors (Lipinski definition) is 3. The molecule has 0 aromatic carbocycles. The normalized spacial score (nSPS) is 25.9. The summed E-state index contributed by atoms with van der Waals surface area (Å²) < 4.78 is 5.31. The molecule has 1 heterocycles. The molecule has 2 N–H and O–H groups in total. The summed E-state index contributed by atoms with van der Waals surface area (Å²) in [6.45, 7) is 9.12. The fraction of sp³-hybridized carbons (Fsp3) is 0.909. The van der Waals surface area contributed by atoms with Gasteiger partial charge < -0.3 is 15.4 Å². The summed E-state index contributed by atoms with van der Waals surface area (Å²) in [5.41, 5.74) is 5.47. The Morgan fingerprint density at radius 2 is 2.00 bits per heavy atom. The minimum atomic E-state index is -0.417. The van der Waals surface area contributed by atoms with Crippen LogP contribution in [0.2, 0.25) is 0 Å². The Kier molecular flexibility index (Phi) is 5.56. The molecule has 1 saturated heterocycles. The van der Waals surface area contributed by atoms with E-state index in [9.17, 15) is 4.79 Å². The van der Waals surface area contributed by atoms with Crippen molar-refractivity contribution in [2.24, 2.45) is 11.7 Å². The van der Waals surface area contributed by atoms with Crippen molar-refractivity contribution >= 4 is 18.5 Å². The first-order valence-corrected chi connectivity index (χ1v) is 5.53.